The van der Waals surface area contributed by atoms with Crippen molar-refractivity contribution in [2.24, 2.45) is 10.1 Å². The van der Waals surface area contributed by atoms with Gasteiger partial charge in [-0.1, -0.05) is 54.2 Å². The Morgan fingerprint density at radius 3 is 2.42 bits per heavy atom. The van der Waals surface area contributed by atoms with Crippen molar-refractivity contribution in [3.63, 3.8) is 0 Å². The molecular weight excluding hydrogens is 528 g/mol. The fourth-order valence-electron chi connectivity index (χ4n) is 4.47. The highest BCUT2D eigenvalue weighted by Crippen LogP contribution is 2.39. The molecule has 2 aliphatic rings. The van der Waals surface area contributed by atoms with Crippen molar-refractivity contribution >= 4 is 46.1 Å². The Kier molecular flexibility index (Phi) is 8.26. The lowest BCUT2D eigenvalue weighted by molar-refractivity contribution is -0.121. The Morgan fingerprint density at radius 2 is 1.75 bits per heavy atom. The monoisotopic (exact) mass is 556 g/mol. The summed E-state index contributed by atoms with van der Waals surface area (Å²) < 4.78 is 10.3. The molecule has 0 bridgehead atoms. The van der Waals surface area contributed by atoms with Crippen LogP contribution in [-0.2, 0) is 14.3 Å². The first-order valence-electron chi connectivity index (χ1n) is 12.9. The van der Waals surface area contributed by atoms with Crippen molar-refractivity contribution in [2.45, 2.75) is 31.1 Å². The van der Waals surface area contributed by atoms with Gasteiger partial charge in [0.15, 0.2) is 5.17 Å². The van der Waals surface area contributed by atoms with Crippen LogP contribution in [0.15, 0.2) is 89.0 Å². The lowest BCUT2D eigenvalue weighted by Gasteiger charge is -2.23. The molecule has 2 unspecified atom stereocenters. The van der Waals surface area contributed by atoms with Gasteiger partial charge in [0.2, 0.25) is 5.91 Å². The topological polar surface area (TPSA) is 110 Å². The number of nitrogens with one attached hydrogen (secondary N) is 1. The van der Waals surface area contributed by atoms with E-state index in [1.54, 1.807) is 43.3 Å². The molecule has 0 radical (unpaired) electrons. The molecule has 204 valence electrons. The Labute approximate surface area is 236 Å². The molecule has 0 aromatic heterocycles. The zero-order chi connectivity index (χ0) is 28.1. The van der Waals surface area contributed by atoms with Crippen LogP contribution >= 0.6 is 11.8 Å². The molecule has 9 nitrogen and oxygen atoms in total. The molecule has 2 amide bonds. The molecule has 10 heteroatoms. The molecule has 5 rings (SSSR count). The van der Waals surface area contributed by atoms with E-state index >= 15 is 0 Å². The smallest absolute Gasteiger partial charge is 0.338 e. The number of methoxy groups -OCH3 is 1. The molecule has 3 aromatic carbocycles. The number of esters is 1. The second kappa shape index (κ2) is 12.2. The standard InChI is InChI=1S/C30H28N4O5S/c1-3-39-29(37)21-9-13-22(14-10-21)31-27(35)18-26-28(36)32-30(40-26)34-25(20-11-15-23(38-2)16-12-20)17-24(33-34)19-7-5-4-6-8-19/h4-16,25-26H,3,17-18H2,1-2H3,(H,31,35). The van der Waals surface area contributed by atoms with Gasteiger partial charge >= 0.3 is 5.97 Å². The number of nitrogens with zero attached hydrogens (tertiary/aromatic N) is 3. The van der Waals surface area contributed by atoms with Crippen molar-refractivity contribution in [1.29, 1.82) is 0 Å². The number of amidine groups is 1. The van der Waals surface area contributed by atoms with Crippen LogP contribution in [0.1, 0.15) is 47.3 Å². The average Bonchev–Trinajstić information content (AvgIpc) is 3.58. The molecule has 1 N–H and O–H groups in total. The number of carbonyl (C=O) groups excluding carboxylic acids is 3. The van der Waals surface area contributed by atoms with E-state index in [1.165, 1.54) is 11.8 Å². The minimum Gasteiger partial charge on any atom is -0.497 e. The Hall–Kier alpha value is -4.44. The number of benzene rings is 3. The van der Waals surface area contributed by atoms with Gasteiger partial charge in [-0.05, 0) is 54.4 Å². The number of hydrogen-bond donors (Lipinski definition) is 1. The van der Waals surface area contributed by atoms with Crippen LogP contribution < -0.4 is 10.1 Å². The van der Waals surface area contributed by atoms with Crippen molar-refractivity contribution < 1.29 is 23.9 Å². The summed E-state index contributed by atoms with van der Waals surface area (Å²) in [4.78, 5) is 41.8. The Bertz CT molecular complexity index is 1460. The highest BCUT2D eigenvalue weighted by Gasteiger charge is 2.39. The van der Waals surface area contributed by atoms with E-state index in [0.29, 0.717) is 22.8 Å². The highest BCUT2D eigenvalue weighted by atomic mass is 32.2. The van der Waals surface area contributed by atoms with E-state index in [9.17, 15) is 14.4 Å². The fourth-order valence-corrected chi connectivity index (χ4v) is 5.53. The van der Waals surface area contributed by atoms with E-state index in [-0.39, 0.29) is 30.9 Å². The van der Waals surface area contributed by atoms with Gasteiger partial charge in [0, 0.05) is 18.5 Å². The maximum atomic E-state index is 12.9. The summed E-state index contributed by atoms with van der Waals surface area (Å²) in [5.41, 5.74) is 3.82. The molecule has 0 fully saturated rings. The number of ether oxygens (including phenoxy) is 2. The summed E-state index contributed by atoms with van der Waals surface area (Å²) in [5, 5.41) is 9.24. The van der Waals surface area contributed by atoms with Crippen LogP contribution in [0.25, 0.3) is 0 Å². The van der Waals surface area contributed by atoms with Crippen LogP contribution in [0, 0.1) is 0 Å². The van der Waals surface area contributed by atoms with Gasteiger partial charge in [-0.15, -0.1) is 0 Å². The number of anilines is 1. The number of carbonyl (C=O) groups is 3. The first kappa shape index (κ1) is 27.1. The third-order valence-corrected chi connectivity index (χ3v) is 7.64. The molecule has 0 spiro atoms. The number of thioether (sulfide) groups is 1. The summed E-state index contributed by atoms with van der Waals surface area (Å²) in [6, 6.07) is 23.9. The first-order chi connectivity index (χ1) is 19.4. The molecule has 3 aromatic rings. The molecule has 2 aliphatic heterocycles. The minimum atomic E-state index is -0.665. The normalized spacial score (nSPS) is 18.2. The predicted octanol–water partition coefficient (Wildman–Crippen LogP) is 5.05. The van der Waals surface area contributed by atoms with E-state index in [0.717, 1.165) is 22.6 Å². The summed E-state index contributed by atoms with van der Waals surface area (Å²) >= 11 is 1.24. The summed E-state index contributed by atoms with van der Waals surface area (Å²) in [7, 11) is 1.62. The molecule has 0 aliphatic carbocycles. The van der Waals surface area contributed by atoms with Crippen LogP contribution in [0.5, 0.6) is 5.75 Å². The van der Waals surface area contributed by atoms with Crippen molar-refractivity contribution in [3.8, 4) is 5.75 Å². The third-order valence-electron chi connectivity index (χ3n) is 6.49. The molecule has 40 heavy (non-hydrogen) atoms. The zero-order valence-electron chi connectivity index (χ0n) is 22.1. The molecule has 2 atom stereocenters. The van der Waals surface area contributed by atoms with Gasteiger partial charge in [-0.3, -0.25) is 9.59 Å². The average molecular weight is 557 g/mol. The quantitative estimate of drug-likeness (QED) is 0.387. The zero-order valence-corrected chi connectivity index (χ0v) is 22.9. The summed E-state index contributed by atoms with van der Waals surface area (Å²) in [6.07, 6.45) is 0.587. The van der Waals surface area contributed by atoms with E-state index in [4.69, 9.17) is 14.6 Å². The predicted molar refractivity (Wildman–Crippen MR) is 155 cm³/mol. The fraction of sp³-hybridized carbons (Fsp3) is 0.233. The van der Waals surface area contributed by atoms with Gasteiger partial charge in [-0.2, -0.15) is 10.1 Å². The maximum Gasteiger partial charge on any atom is 0.338 e. The minimum absolute atomic E-state index is 0.0492. The Balaban J connectivity index is 1.28. The Morgan fingerprint density at radius 1 is 1.02 bits per heavy atom. The van der Waals surface area contributed by atoms with Gasteiger partial charge in [0.05, 0.1) is 31.0 Å². The largest absolute Gasteiger partial charge is 0.497 e. The van der Waals surface area contributed by atoms with Crippen LogP contribution in [-0.4, -0.2) is 52.6 Å². The second-order valence-electron chi connectivity index (χ2n) is 9.14. The lowest BCUT2D eigenvalue weighted by Crippen LogP contribution is -2.25. The number of hydrazone groups is 1. The first-order valence-corrected chi connectivity index (χ1v) is 13.8. The SMILES string of the molecule is CCOC(=O)c1ccc(NC(=O)CC2SC(N3N=C(c4ccccc4)CC3c3ccc(OC)cc3)=NC2=O)cc1. The number of hydrogen-bond acceptors (Lipinski definition) is 8. The van der Waals surface area contributed by atoms with Crippen molar-refractivity contribution in [1.82, 2.24) is 5.01 Å². The summed E-state index contributed by atoms with van der Waals surface area (Å²) in [5.74, 6) is -0.370. The maximum absolute atomic E-state index is 12.9. The van der Waals surface area contributed by atoms with Crippen LogP contribution in [0.2, 0.25) is 0 Å². The number of rotatable bonds is 8. The summed E-state index contributed by atoms with van der Waals surface area (Å²) in [6.45, 7) is 2.02. The third kappa shape index (κ3) is 6.07. The van der Waals surface area contributed by atoms with Gasteiger partial charge < -0.3 is 14.8 Å². The van der Waals surface area contributed by atoms with Gasteiger partial charge in [0.25, 0.3) is 5.91 Å². The lowest BCUT2D eigenvalue weighted by atomic mass is 9.98. The molecule has 0 saturated carbocycles. The van der Waals surface area contributed by atoms with E-state index in [2.05, 4.69) is 10.3 Å². The number of amides is 2. The van der Waals surface area contributed by atoms with Crippen LogP contribution in [0.4, 0.5) is 5.69 Å². The second-order valence-corrected chi connectivity index (χ2v) is 10.3. The number of aliphatic imine (C=N–C) groups is 1. The molecular formula is C30H28N4O5S. The molecule has 0 saturated heterocycles. The van der Waals surface area contributed by atoms with E-state index in [1.807, 2.05) is 54.6 Å². The van der Waals surface area contributed by atoms with Gasteiger partial charge in [-0.25, -0.2) is 9.80 Å². The highest BCUT2D eigenvalue weighted by molar-refractivity contribution is 8.15. The molecule has 2 heterocycles. The van der Waals surface area contributed by atoms with Crippen LogP contribution in [0.3, 0.4) is 0 Å². The van der Waals surface area contributed by atoms with Crippen molar-refractivity contribution in [3.05, 3.63) is 95.6 Å². The van der Waals surface area contributed by atoms with Gasteiger partial charge in [0.1, 0.15) is 11.0 Å². The van der Waals surface area contributed by atoms with E-state index < -0.39 is 11.2 Å². The van der Waals surface area contributed by atoms with Crippen molar-refractivity contribution in [2.75, 3.05) is 19.0 Å².